The lowest BCUT2D eigenvalue weighted by Crippen LogP contribution is -2.40. The summed E-state index contributed by atoms with van der Waals surface area (Å²) in [5.41, 5.74) is -14.0. The first-order chi connectivity index (χ1) is 41.1. The zero-order valence-corrected chi connectivity index (χ0v) is 44.4. The van der Waals surface area contributed by atoms with Crippen LogP contribution in [0.3, 0.4) is 0 Å². The van der Waals surface area contributed by atoms with Crippen molar-refractivity contribution < 1.29 is 107 Å². The smallest absolute Gasteiger partial charge is 0.340 e. The lowest BCUT2D eigenvalue weighted by atomic mass is 9.86. The zero-order chi connectivity index (χ0) is 63.4. The fourth-order valence-electron chi connectivity index (χ4n) is 11.6. The molecular formula is C58H37F20N5O4. The van der Waals surface area contributed by atoms with Crippen molar-refractivity contribution in [3.8, 4) is 0 Å². The maximum atomic E-state index is 16.5. The number of fused-ring (bicyclic) bond motifs is 10. The highest BCUT2D eigenvalue weighted by Crippen LogP contribution is 2.47. The van der Waals surface area contributed by atoms with Gasteiger partial charge in [0.25, 0.3) is 0 Å². The van der Waals surface area contributed by atoms with E-state index in [1.807, 2.05) is 0 Å². The number of rotatable bonds is 8. The number of H-pyrrole nitrogens is 4. The van der Waals surface area contributed by atoms with E-state index in [1.54, 1.807) is 0 Å². The molecule has 29 heteroatoms. The number of esters is 2. The average molecular weight is 1250 g/mol. The van der Waals surface area contributed by atoms with Crippen molar-refractivity contribution in [1.82, 2.24) is 25.3 Å². The van der Waals surface area contributed by atoms with Gasteiger partial charge in [0.05, 0.1) is 36.2 Å². The van der Waals surface area contributed by atoms with E-state index in [0.717, 1.165) is 50.3 Å². The Kier molecular flexibility index (Phi) is 16.1. The summed E-state index contributed by atoms with van der Waals surface area (Å²) in [7, 11) is 0. The Bertz CT molecular complexity index is 3840. The van der Waals surface area contributed by atoms with E-state index in [0.29, 0.717) is 0 Å². The van der Waals surface area contributed by atoms with Gasteiger partial charge in [0.1, 0.15) is 0 Å². The van der Waals surface area contributed by atoms with Gasteiger partial charge in [0.2, 0.25) is 23.3 Å². The molecule has 0 fully saturated rings. The van der Waals surface area contributed by atoms with Crippen molar-refractivity contribution >= 4 is 11.9 Å². The van der Waals surface area contributed by atoms with E-state index in [4.69, 9.17) is 9.47 Å². The first kappa shape index (κ1) is 61.3. The third-order valence-electron chi connectivity index (χ3n) is 15.5. The average Bonchev–Trinajstić information content (AvgIpc) is 1.99. The maximum Gasteiger partial charge on any atom is 0.340 e. The first-order valence-corrected chi connectivity index (χ1v) is 25.7. The Hall–Kier alpha value is -8.76. The minimum Gasteiger partial charge on any atom is -0.462 e. The van der Waals surface area contributed by atoms with Gasteiger partial charge in [0.15, 0.2) is 93.1 Å². The van der Waals surface area contributed by atoms with Crippen LogP contribution in [-0.4, -0.2) is 57.2 Å². The second-order valence-corrected chi connectivity index (χ2v) is 20.1. The van der Waals surface area contributed by atoms with Crippen LogP contribution in [-0.2, 0) is 22.3 Å². The summed E-state index contributed by atoms with van der Waals surface area (Å²) < 4.78 is 325. The Labute approximate surface area is 475 Å². The molecule has 458 valence electrons. The van der Waals surface area contributed by atoms with Crippen LogP contribution in [0.4, 0.5) is 87.8 Å². The monoisotopic (exact) mass is 1250 g/mol. The second-order valence-electron chi connectivity index (χ2n) is 20.1. The van der Waals surface area contributed by atoms with Crippen LogP contribution in [0.1, 0.15) is 137 Å². The van der Waals surface area contributed by atoms with Crippen LogP contribution in [0, 0.1) is 130 Å². The molecule has 0 amide bonds. The van der Waals surface area contributed by atoms with Crippen LogP contribution in [0.15, 0.2) is 36.4 Å². The molecule has 10 bridgehead atoms. The Morgan fingerprint density at radius 2 is 0.632 bits per heavy atom. The predicted octanol–water partition coefficient (Wildman–Crippen LogP) is 14.1. The van der Waals surface area contributed by atoms with Gasteiger partial charge in [-0.05, 0) is 75.9 Å². The zero-order valence-electron chi connectivity index (χ0n) is 44.4. The fourth-order valence-corrected chi connectivity index (χ4v) is 11.6. The van der Waals surface area contributed by atoms with Crippen molar-refractivity contribution in [2.45, 2.75) is 76.3 Å². The molecule has 5 N–H and O–H groups in total. The molecule has 2 aliphatic heterocycles. The van der Waals surface area contributed by atoms with Crippen LogP contribution < -0.4 is 5.32 Å². The van der Waals surface area contributed by atoms with Crippen LogP contribution in [0.2, 0.25) is 0 Å². The largest absolute Gasteiger partial charge is 0.462 e. The van der Waals surface area contributed by atoms with Gasteiger partial charge in [-0.1, -0.05) is 12.2 Å². The van der Waals surface area contributed by atoms with Crippen LogP contribution in [0.5, 0.6) is 0 Å². The molecule has 0 saturated heterocycles. The van der Waals surface area contributed by atoms with Gasteiger partial charge in [-0.25, -0.2) is 97.4 Å². The van der Waals surface area contributed by atoms with E-state index in [-0.39, 0.29) is 11.4 Å². The van der Waals surface area contributed by atoms with Crippen molar-refractivity contribution in [2.75, 3.05) is 13.2 Å². The Morgan fingerprint density at radius 3 is 0.908 bits per heavy atom. The summed E-state index contributed by atoms with van der Waals surface area (Å²) in [6.07, 6.45) is 0.312. The standard InChI is InChI=1S/C58H37F20N5O4/c1-5-86-57(84)25-15(3)55-29(33-39(63)47(71)53(77)48(72)40(33)64)23-13-11-21(80-23)27(31-35(59)43(67)51(75)44(68)36(31)60)19-9-10-20(79-19)28(32-37(61)45(69)52(76)46(70)38(32)62)22-12-14-24(81-22)30(34-41(65)49(73)54(78)50(74)42(34)66)56-16(4)26(58(85)87-6-2)18(83-56)8-7-17(25)82-55/h9-14,19-20,27-30,79-83H,5-8H2,1-4H3. The highest BCUT2D eigenvalue weighted by atomic mass is 19.2. The van der Waals surface area contributed by atoms with E-state index in [2.05, 4.69) is 25.3 Å². The van der Waals surface area contributed by atoms with Crippen molar-refractivity contribution in [1.29, 1.82) is 0 Å². The molecule has 9 nitrogen and oxygen atoms in total. The number of carbonyl (C=O) groups excluding carboxylic acids is 2. The van der Waals surface area contributed by atoms with E-state index >= 15 is 70.2 Å². The van der Waals surface area contributed by atoms with Gasteiger partial charge in [-0.2, -0.15) is 0 Å². The van der Waals surface area contributed by atoms with Crippen molar-refractivity contribution in [3.05, 3.63) is 243 Å². The number of aromatic nitrogens is 4. The Balaban J connectivity index is 1.33. The Morgan fingerprint density at radius 1 is 0.379 bits per heavy atom. The van der Waals surface area contributed by atoms with Crippen LogP contribution >= 0.6 is 0 Å². The summed E-state index contributed by atoms with van der Waals surface area (Å²) in [5, 5.41) is 2.55. The van der Waals surface area contributed by atoms with E-state index in [1.165, 1.54) is 13.8 Å². The number of halogens is 20. The van der Waals surface area contributed by atoms with Gasteiger partial charge >= 0.3 is 11.9 Å². The van der Waals surface area contributed by atoms with E-state index in [9.17, 15) is 27.2 Å². The molecule has 0 aliphatic carbocycles. The topological polar surface area (TPSA) is 128 Å². The van der Waals surface area contributed by atoms with E-state index < -0.39 is 269 Å². The first-order valence-electron chi connectivity index (χ1n) is 25.7. The number of benzene rings is 4. The number of aromatic amines is 4. The lowest BCUT2D eigenvalue weighted by Gasteiger charge is -2.29. The number of carbonyl (C=O) groups is 2. The normalized spacial score (nSPS) is 18.6. The highest BCUT2D eigenvalue weighted by molar-refractivity contribution is 5.94. The molecule has 6 atom stereocenters. The fraction of sp³-hybridized carbons (Fsp3) is 0.241. The molecule has 0 radical (unpaired) electrons. The molecule has 4 aromatic heterocycles. The number of nitrogens with one attached hydrogen (secondary N) is 5. The number of ether oxygens (including phenoxy) is 2. The molecule has 2 aliphatic rings. The van der Waals surface area contributed by atoms with Gasteiger partial charge in [-0.3, -0.25) is 0 Å². The minimum atomic E-state index is -2.72. The molecule has 0 spiro atoms. The summed E-state index contributed by atoms with van der Waals surface area (Å²) in [6, 6.07) is -1.08. The van der Waals surface area contributed by atoms with Crippen molar-refractivity contribution in [3.63, 3.8) is 0 Å². The summed E-state index contributed by atoms with van der Waals surface area (Å²) >= 11 is 0. The highest BCUT2D eigenvalue weighted by Gasteiger charge is 2.45. The van der Waals surface area contributed by atoms with Gasteiger partial charge in [0, 0.05) is 91.7 Å². The third-order valence-corrected chi connectivity index (χ3v) is 15.5. The van der Waals surface area contributed by atoms with Crippen LogP contribution in [0.25, 0.3) is 0 Å². The SMILES string of the molecule is CCOC(=O)c1c2[nH]c(c1C)C(c1c(F)c(F)c(F)c(F)c1F)c1ccc([nH]1)C(c1c(F)c(F)c(F)c(F)c1F)C1C=CC(N1)C(c1c(F)c(F)c(F)c(F)c1F)c1ccc([nH]1)C(c1c(F)c(F)c(F)c(F)c1F)c1[nH]c(c(C(=O)OCC)c1C)CC2. The maximum absolute atomic E-state index is 16.5. The number of hydrogen-bond acceptors (Lipinski definition) is 5. The minimum absolute atomic E-state index is 0.355. The lowest BCUT2D eigenvalue weighted by molar-refractivity contribution is 0.0513. The third kappa shape index (κ3) is 9.62. The molecule has 8 aromatic rings. The summed E-state index contributed by atoms with van der Waals surface area (Å²) in [5.74, 6) is -64.3. The molecule has 10 rings (SSSR count). The summed E-state index contributed by atoms with van der Waals surface area (Å²) in [6.45, 7) is 4.03. The second kappa shape index (κ2) is 22.8. The number of hydrogen-bond donors (Lipinski definition) is 5. The molecular weight excluding hydrogens is 1210 g/mol. The van der Waals surface area contributed by atoms with Gasteiger partial charge in [-0.15, -0.1) is 0 Å². The molecule has 4 aromatic carbocycles. The molecule has 87 heavy (non-hydrogen) atoms. The number of aryl methyl sites for hydroxylation is 2. The van der Waals surface area contributed by atoms with Crippen molar-refractivity contribution in [2.24, 2.45) is 0 Å². The molecule has 0 saturated carbocycles. The molecule has 6 unspecified atom stereocenters. The van der Waals surface area contributed by atoms with Gasteiger partial charge < -0.3 is 34.7 Å². The molecule has 6 heterocycles. The quantitative estimate of drug-likeness (QED) is 0.0340. The summed E-state index contributed by atoms with van der Waals surface area (Å²) in [4.78, 5) is 38.4. The predicted molar refractivity (Wildman–Crippen MR) is 262 cm³/mol.